The minimum atomic E-state index is -0.929. The lowest BCUT2D eigenvalue weighted by Gasteiger charge is -2.18. The van der Waals surface area contributed by atoms with Crippen molar-refractivity contribution in [1.29, 1.82) is 0 Å². The normalized spacial score (nSPS) is 9.93. The molecule has 1 rings (SSSR count). The van der Waals surface area contributed by atoms with E-state index in [0.29, 0.717) is 6.54 Å². The van der Waals surface area contributed by atoms with Crippen LogP contribution < -0.4 is 0 Å². The number of aliphatic carboxylic acids is 1. The molecule has 0 aliphatic heterocycles. The Morgan fingerprint density at radius 2 is 2.33 bits per heavy atom. The summed E-state index contributed by atoms with van der Waals surface area (Å²) in [4.78, 5) is 23.4. The lowest BCUT2D eigenvalue weighted by Crippen LogP contribution is -2.33. The minimum Gasteiger partial charge on any atom is -0.481 e. The Labute approximate surface area is 86.5 Å². The molecule has 1 heterocycles. The number of nitrogens with zero attached hydrogens (tertiary/aromatic N) is 2. The Bertz CT molecular complexity index is 334. The molecule has 0 unspecified atom stereocenters. The quantitative estimate of drug-likeness (QED) is 0.773. The van der Waals surface area contributed by atoms with Crippen LogP contribution in [0, 0.1) is 0 Å². The first-order valence-electron chi connectivity index (χ1n) is 4.56. The summed E-state index contributed by atoms with van der Waals surface area (Å²) in [5.74, 6) is -1.24. The van der Waals surface area contributed by atoms with Gasteiger partial charge >= 0.3 is 5.97 Å². The lowest BCUT2D eigenvalue weighted by atomic mass is 10.3. The molecule has 0 aliphatic rings. The van der Waals surface area contributed by atoms with Crippen molar-refractivity contribution in [2.45, 2.75) is 13.3 Å². The molecule has 1 amide bonds. The number of rotatable bonds is 5. The topological polar surface area (TPSA) is 83.6 Å². The summed E-state index contributed by atoms with van der Waals surface area (Å²) in [6.07, 6.45) is 1.23. The molecule has 1 aromatic heterocycles. The maximum absolute atomic E-state index is 11.7. The number of carboxylic acids is 1. The molecule has 1 N–H and O–H groups in total. The van der Waals surface area contributed by atoms with Gasteiger partial charge in [-0.25, -0.2) is 0 Å². The van der Waals surface area contributed by atoms with E-state index in [1.165, 1.54) is 17.2 Å². The molecule has 0 saturated carbocycles. The van der Waals surface area contributed by atoms with Crippen molar-refractivity contribution in [2.24, 2.45) is 0 Å². The zero-order valence-electron chi connectivity index (χ0n) is 8.34. The SMILES string of the molecule is CCN(CCC(=O)O)C(=O)c1ccon1. The van der Waals surface area contributed by atoms with Gasteiger partial charge in [0.25, 0.3) is 5.91 Å². The van der Waals surface area contributed by atoms with Gasteiger partial charge in [-0.15, -0.1) is 0 Å². The van der Waals surface area contributed by atoms with E-state index < -0.39 is 5.97 Å². The number of aromatic nitrogens is 1. The summed E-state index contributed by atoms with van der Waals surface area (Å²) in [7, 11) is 0. The van der Waals surface area contributed by atoms with Crippen LogP contribution in [0.2, 0.25) is 0 Å². The van der Waals surface area contributed by atoms with Crippen LogP contribution in [0.5, 0.6) is 0 Å². The van der Waals surface area contributed by atoms with Gasteiger partial charge in [-0.05, 0) is 6.92 Å². The molecule has 1 aromatic rings. The van der Waals surface area contributed by atoms with Crippen LogP contribution in [0.4, 0.5) is 0 Å². The first-order valence-corrected chi connectivity index (χ1v) is 4.56. The summed E-state index contributed by atoms with van der Waals surface area (Å²) >= 11 is 0. The van der Waals surface area contributed by atoms with Crippen molar-refractivity contribution in [2.75, 3.05) is 13.1 Å². The third-order valence-corrected chi connectivity index (χ3v) is 1.92. The van der Waals surface area contributed by atoms with Gasteiger partial charge in [0.2, 0.25) is 0 Å². The van der Waals surface area contributed by atoms with Crippen molar-refractivity contribution in [3.05, 3.63) is 18.0 Å². The number of amides is 1. The third kappa shape index (κ3) is 3.08. The number of hydrogen-bond acceptors (Lipinski definition) is 4. The Kier molecular flexibility index (Phi) is 3.84. The Morgan fingerprint density at radius 3 is 2.80 bits per heavy atom. The van der Waals surface area contributed by atoms with Crippen molar-refractivity contribution in [1.82, 2.24) is 10.1 Å². The van der Waals surface area contributed by atoms with E-state index in [4.69, 9.17) is 5.11 Å². The van der Waals surface area contributed by atoms with E-state index in [1.807, 2.05) is 0 Å². The summed E-state index contributed by atoms with van der Waals surface area (Å²) in [6, 6.07) is 1.45. The fourth-order valence-corrected chi connectivity index (χ4v) is 1.12. The maximum atomic E-state index is 11.7. The van der Waals surface area contributed by atoms with Crippen LogP contribution in [0.25, 0.3) is 0 Å². The van der Waals surface area contributed by atoms with Crippen molar-refractivity contribution < 1.29 is 19.2 Å². The number of carboxylic acid groups (broad SMARTS) is 1. The fraction of sp³-hybridized carbons (Fsp3) is 0.444. The molecule has 0 saturated heterocycles. The second-order valence-electron chi connectivity index (χ2n) is 2.91. The van der Waals surface area contributed by atoms with Crippen molar-refractivity contribution in [3.8, 4) is 0 Å². The highest BCUT2D eigenvalue weighted by molar-refractivity contribution is 5.92. The number of carbonyl (C=O) groups is 2. The molecule has 0 atom stereocenters. The summed E-state index contributed by atoms with van der Waals surface area (Å²) in [5, 5.41) is 12.0. The lowest BCUT2D eigenvalue weighted by molar-refractivity contribution is -0.137. The predicted octanol–water partition coefficient (Wildman–Crippen LogP) is 0.611. The molecule has 0 bridgehead atoms. The highest BCUT2D eigenvalue weighted by Gasteiger charge is 2.17. The Balaban J connectivity index is 2.59. The average molecular weight is 212 g/mol. The summed E-state index contributed by atoms with van der Waals surface area (Å²) in [6.45, 7) is 2.40. The highest BCUT2D eigenvalue weighted by Crippen LogP contribution is 2.02. The van der Waals surface area contributed by atoms with E-state index >= 15 is 0 Å². The minimum absolute atomic E-state index is 0.0720. The van der Waals surface area contributed by atoms with Gasteiger partial charge in [0, 0.05) is 19.2 Å². The Hall–Kier alpha value is -1.85. The second kappa shape index (κ2) is 5.14. The first-order chi connectivity index (χ1) is 7.15. The molecule has 6 nitrogen and oxygen atoms in total. The van der Waals surface area contributed by atoms with E-state index in [2.05, 4.69) is 9.68 Å². The molecular weight excluding hydrogens is 200 g/mol. The average Bonchev–Trinajstić information content (AvgIpc) is 2.70. The molecule has 0 spiro atoms. The Morgan fingerprint density at radius 1 is 1.60 bits per heavy atom. The van der Waals surface area contributed by atoms with Gasteiger partial charge in [0.05, 0.1) is 6.42 Å². The van der Waals surface area contributed by atoms with Gasteiger partial charge in [-0.1, -0.05) is 5.16 Å². The van der Waals surface area contributed by atoms with Gasteiger partial charge in [-0.2, -0.15) is 0 Å². The molecular formula is C9H12N2O4. The number of hydrogen-bond donors (Lipinski definition) is 1. The van der Waals surface area contributed by atoms with Crippen LogP contribution in [-0.2, 0) is 4.79 Å². The summed E-state index contributed by atoms with van der Waals surface area (Å²) in [5.41, 5.74) is 0.197. The van der Waals surface area contributed by atoms with Crippen LogP contribution in [-0.4, -0.2) is 40.1 Å². The van der Waals surface area contributed by atoms with Crippen molar-refractivity contribution in [3.63, 3.8) is 0 Å². The zero-order chi connectivity index (χ0) is 11.3. The molecule has 0 radical (unpaired) electrons. The van der Waals surface area contributed by atoms with Crippen molar-refractivity contribution >= 4 is 11.9 Å². The zero-order valence-corrected chi connectivity index (χ0v) is 8.34. The van der Waals surface area contributed by atoms with Crippen LogP contribution in [0.1, 0.15) is 23.8 Å². The van der Waals surface area contributed by atoms with Gasteiger partial charge in [0.15, 0.2) is 5.69 Å². The number of carbonyl (C=O) groups excluding carboxylic acids is 1. The predicted molar refractivity (Wildman–Crippen MR) is 50.3 cm³/mol. The first kappa shape index (κ1) is 11.2. The molecule has 15 heavy (non-hydrogen) atoms. The largest absolute Gasteiger partial charge is 0.481 e. The maximum Gasteiger partial charge on any atom is 0.305 e. The molecule has 0 aliphatic carbocycles. The monoisotopic (exact) mass is 212 g/mol. The van der Waals surface area contributed by atoms with E-state index in [0.717, 1.165) is 0 Å². The second-order valence-corrected chi connectivity index (χ2v) is 2.91. The molecule has 82 valence electrons. The van der Waals surface area contributed by atoms with E-state index in [9.17, 15) is 9.59 Å². The van der Waals surface area contributed by atoms with Gasteiger partial charge in [0.1, 0.15) is 6.26 Å². The van der Waals surface area contributed by atoms with Crippen LogP contribution in [0.3, 0.4) is 0 Å². The van der Waals surface area contributed by atoms with Gasteiger partial charge in [-0.3, -0.25) is 9.59 Å². The smallest absolute Gasteiger partial charge is 0.305 e. The molecule has 0 aromatic carbocycles. The summed E-state index contributed by atoms with van der Waals surface area (Å²) < 4.78 is 4.54. The molecule has 6 heteroatoms. The highest BCUT2D eigenvalue weighted by atomic mass is 16.5. The van der Waals surface area contributed by atoms with Gasteiger partial charge < -0.3 is 14.5 Å². The third-order valence-electron chi connectivity index (χ3n) is 1.92. The van der Waals surface area contributed by atoms with E-state index in [1.54, 1.807) is 6.92 Å². The standard InChI is InChI=1S/C9H12N2O4/c1-2-11(5-3-8(12)13)9(14)7-4-6-15-10-7/h4,6H,2-3,5H2,1H3,(H,12,13). The fourth-order valence-electron chi connectivity index (χ4n) is 1.12. The van der Waals surface area contributed by atoms with Crippen LogP contribution >= 0.6 is 0 Å². The van der Waals surface area contributed by atoms with E-state index in [-0.39, 0.29) is 24.6 Å². The van der Waals surface area contributed by atoms with Crippen LogP contribution in [0.15, 0.2) is 16.9 Å². The molecule has 0 fully saturated rings.